The molecule has 1 aliphatic heterocycles. The number of alkyl halides is 1. The SMILES string of the molecule is CC1CN(c2ncncc2I)CC1Cl. The number of hydrogen-bond donors (Lipinski definition) is 0. The first-order valence-electron chi connectivity index (χ1n) is 4.53. The molecular weight excluding hydrogens is 312 g/mol. The van der Waals surface area contributed by atoms with Crippen molar-refractivity contribution in [2.45, 2.75) is 12.3 Å². The number of halogens is 2. The molecule has 1 fully saturated rings. The van der Waals surface area contributed by atoms with Gasteiger partial charge in [-0.1, -0.05) is 6.92 Å². The van der Waals surface area contributed by atoms with E-state index in [4.69, 9.17) is 11.6 Å². The maximum Gasteiger partial charge on any atom is 0.145 e. The summed E-state index contributed by atoms with van der Waals surface area (Å²) in [6.07, 6.45) is 3.42. The highest BCUT2D eigenvalue weighted by molar-refractivity contribution is 14.1. The molecule has 0 spiro atoms. The third-order valence-electron chi connectivity index (χ3n) is 2.47. The van der Waals surface area contributed by atoms with E-state index in [2.05, 4.69) is 44.4 Å². The Morgan fingerprint density at radius 3 is 2.93 bits per heavy atom. The van der Waals surface area contributed by atoms with Gasteiger partial charge in [0.15, 0.2) is 0 Å². The van der Waals surface area contributed by atoms with Crippen LogP contribution in [0.5, 0.6) is 0 Å². The van der Waals surface area contributed by atoms with E-state index in [1.54, 1.807) is 6.33 Å². The topological polar surface area (TPSA) is 29.0 Å². The van der Waals surface area contributed by atoms with Gasteiger partial charge in [0, 0.05) is 19.3 Å². The van der Waals surface area contributed by atoms with Crippen LogP contribution in [0.25, 0.3) is 0 Å². The van der Waals surface area contributed by atoms with Crippen LogP contribution in [-0.4, -0.2) is 28.4 Å². The Morgan fingerprint density at radius 2 is 2.36 bits per heavy atom. The van der Waals surface area contributed by atoms with E-state index in [0.29, 0.717) is 5.92 Å². The molecule has 0 amide bonds. The minimum Gasteiger partial charge on any atom is -0.354 e. The molecule has 0 bridgehead atoms. The zero-order chi connectivity index (χ0) is 10.1. The predicted octanol–water partition coefficient (Wildman–Crippen LogP) is 2.14. The van der Waals surface area contributed by atoms with Crippen molar-refractivity contribution in [1.82, 2.24) is 9.97 Å². The molecule has 14 heavy (non-hydrogen) atoms. The highest BCUT2D eigenvalue weighted by Crippen LogP contribution is 2.27. The van der Waals surface area contributed by atoms with Crippen molar-refractivity contribution in [2.24, 2.45) is 5.92 Å². The Balaban J connectivity index is 2.21. The zero-order valence-corrected chi connectivity index (χ0v) is 10.7. The molecule has 5 heteroatoms. The maximum atomic E-state index is 6.17. The molecule has 0 radical (unpaired) electrons. The lowest BCUT2D eigenvalue weighted by atomic mass is 10.2. The van der Waals surface area contributed by atoms with Gasteiger partial charge in [-0.15, -0.1) is 11.6 Å². The van der Waals surface area contributed by atoms with Gasteiger partial charge in [-0.25, -0.2) is 9.97 Å². The third-order valence-corrected chi connectivity index (χ3v) is 3.80. The summed E-state index contributed by atoms with van der Waals surface area (Å²) in [5.74, 6) is 1.54. The third kappa shape index (κ3) is 1.95. The average Bonchev–Trinajstić information content (AvgIpc) is 2.48. The van der Waals surface area contributed by atoms with Gasteiger partial charge in [-0.2, -0.15) is 0 Å². The van der Waals surface area contributed by atoms with Gasteiger partial charge >= 0.3 is 0 Å². The Kier molecular flexibility index (Phi) is 3.11. The summed E-state index contributed by atoms with van der Waals surface area (Å²) in [5, 5.41) is 0.237. The van der Waals surface area contributed by atoms with Crippen LogP contribution in [0, 0.1) is 9.49 Å². The van der Waals surface area contributed by atoms with E-state index in [-0.39, 0.29) is 5.38 Å². The summed E-state index contributed by atoms with van der Waals surface area (Å²) in [6.45, 7) is 4.04. The van der Waals surface area contributed by atoms with Crippen LogP contribution in [0.15, 0.2) is 12.5 Å². The minimum atomic E-state index is 0.237. The molecule has 1 aromatic heterocycles. The average molecular weight is 324 g/mol. The second-order valence-corrected chi connectivity index (χ2v) is 5.32. The fourth-order valence-electron chi connectivity index (χ4n) is 1.64. The maximum absolute atomic E-state index is 6.17. The Hall–Kier alpha value is -0.100. The molecule has 1 aromatic rings. The number of anilines is 1. The van der Waals surface area contributed by atoms with Crippen molar-refractivity contribution in [3.05, 3.63) is 16.1 Å². The van der Waals surface area contributed by atoms with Crippen molar-refractivity contribution >= 4 is 40.0 Å². The van der Waals surface area contributed by atoms with Crippen molar-refractivity contribution in [3.63, 3.8) is 0 Å². The number of rotatable bonds is 1. The number of aromatic nitrogens is 2. The molecule has 0 aromatic carbocycles. The molecular formula is C9H11ClIN3. The summed E-state index contributed by atoms with van der Waals surface area (Å²) in [6, 6.07) is 0. The first-order chi connectivity index (χ1) is 6.68. The van der Waals surface area contributed by atoms with Gasteiger partial charge in [0.1, 0.15) is 12.1 Å². The van der Waals surface area contributed by atoms with Crippen LogP contribution >= 0.6 is 34.2 Å². The van der Waals surface area contributed by atoms with E-state index in [9.17, 15) is 0 Å². The lowest BCUT2D eigenvalue weighted by Crippen LogP contribution is -2.22. The van der Waals surface area contributed by atoms with E-state index >= 15 is 0 Å². The van der Waals surface area contributed by atoms with Crippen LogP contribution in [-0.2, 0) is 0 Å². The van der Waals surface area contributed by atoms with Crippen molar-refractivity contribution in [2.75, 3.05) is 18.0 Å². The van der Waals surface area contributed by atoms with Crippen molar-refractivity contribution in [3.8, 4) is 0 Å². The van der Waals surface area contributed by atoms with Crippen LogP contribution in [0.4, 0.5) is 5.82 Å². The molecule has 1 aliphatic rings. The monoisotopic (exact) mass is 323 g/mol. The van der Waals surface area contributed by atoms with Crippen LogP contribution in [0.3, 0.4) is 0 Å². The van der Waals surface area contributed by atoms with Crippen molar-refractivity contribution < 1.29 is 0 Å². The fourth-order valence-corrected chi connectivity index (χ4v) is 2.53. The van der Waals surface area contributed by atoms with Crippen LogP contribution in [0.1, 0.15) is 6.92 Å². The molecule has 1 saturated heterocycles. The normalized spacial score (nSPS) is 26.9. The smallest absolute Gasteiger partial charge is 0.145 e. The Bertz CT molecular complexity index is 324. The molecule has 2 unspecified atom stereocenters. The second kappa shape index (κ2) is 4.18. The van der Waals surface area contributed by atoms with Gasteiger partial charge < -0.3 is 4.90 Å². The molecule has 0 saturated carbocycles. The zero-order valence-electron chi connectivity index (χ0n) is 7.82. The molecule has 0 aliphatic carbocycles. The van der Waals surface area contributed by atoms with Gasteiger partial charge in [0.2, 0.25) is 0 Å². The summed E-state index contributed by atoms with van der Waals surface area (Å²) >= 11 is 8.43. The molecule has 2 atom stereocenters. The highest BCUT2D eigenvalue weighted by atomic mass is 127. The first kappa shape index (κ1) is 10.4. The lowest BCUT2D eigenvalue weighted by molar-refractivity contribution is 0.665. The Labute approximate surface area is 102 Å². The van der Waals surface area contributed by atoms with Crippen LogP contribution < -0.4 is 4.90 Å². The number of hydrogen-bond acceptors (Lipinski definition) is 3. The molecule has 0 N–H and O–H groups in total. The van der Waals surface area contributed by atoms with Gasteiger partial charge in [0.25, 0.3) is 0 Å². The van der Waals surface area contributed by atoms with Crippen LogP contribution in [0.2, 0.25) is 0 Å². The summed E-state index contributed by atoms with van der Waals surface area (Å²) < 4.78 is 1.09. The second-order valence-electron chi connectivity index (χ2n) is 3.59. The molecule has 3 nitrogen and oxygen atoms in total. The predicted molar refractivity (Wildman–Crippen MR) is 65.8 cm³/mol. The van der Waals surface area contributed by atoms with E-state index in [1.807, 2.05) is 6.20 Å². The molecule has 76 valence electrons. The van der Waals surface area contributed by atoms with Crippen molar-refractivity contribution in [1.29, 1.82) is 0 Å². The fraction of sp³-hybridized carbons (Fsp3) is 0.556. The van der Waals surface area contributed by atoms with Gasteiger partial charge in [-0.3, -0.25) is 0 Å². The van der Waals surface area contributed by atoms with E-state index in [0.717, 1.165) is 22.5 Å². The highest BCUT2D eigenvalue weighted by Gasteiger charge is 2.29. The van der Waals surface area contributed by atoms with E-state index in [1.165, 1.54) is 0 Å². The van der Waals surface area contributed by atoms with E-state index < -0.39 is 0 Å². The standard InChI is InChI=1S/C9H11ClIN3/c1-6-3-14(4-7(6)10)9-8(11)2-12-5-13-9/h2,5-7H,3-4H2,1H3. The Morgan fingerprint density at radius 1 is 1.57 bits per heavy atom. The summed E-state index contributed by atoms with van der Waals surface area (Å²) in [4.78, 5) is 10.5. The quantitative estimate of drug-likeness (QED) is 0.586. The summed E-state index contributed by atoms with van der Waals surface area (Å²) in [7, 11) is 0. The number of nitrogens with zero attached hydrogens (tertiary/aromatic N) is 3. The molecule has 2 rings (SSSR count). The lowest BCUT2D eigenvalue weighted by Gasteiger charge is -2.17. The van der Waals surface area contributed by atoms with Gasteiger partial charge in [0.05, 0.1) is 8.95 Å². The minimum absolute atomic E-state index is 0.237. The first-order valence-corrected chi connectivity index (χ1v) is 6.04. The summed E-state index contributed by atoms with van der Waals surface area (Å²) in [5.41, 5.74) is 0. The largest absolute Gasteiger partial charge is 0.354 e. The van der Waals surface area contributed by atoms with Gasteiger partial charge in [-0.05, 0) is 28.5 Å². The molecule has 2 heterocycles.